The summed E-state index contributed by atoms with van der Waals surface area (Å²) in [5.41, 5.74) is 0.681. The van der Waals surface area contributed by atoms with E-state index in [1.165, 1.54) is 7.11 Å². The van der Waals surface area contributed by atoms with Crippen LogP contribution in [0.2, 0.25) is 0 Å². The van der Waals surface area contributed by atoms with Crippen molar-refractivity contribution in [2.24, 2.45) is 0 Å². The number of esters is 1. The van der Waals surface area contributed by atoms with E-state index < -0.39 is 0 Å². The number of carbonyl (C=O) groups excluding carboxylic acids is 1. The summed E-state index contributed by atoms with van der Waals surface area (Å²) in [5.74, 6) is -0.239. The third-order valence-electron chi connectivity index (χ3n) is 1.02. The van der Waals surface area contributed by atoms with Crippen LogP contribution in [-0.4, -0.2) is 13.1 Å². The molecule has 0 aromatic carbocycles. The number of hydrogen-bond acceptors (Lipinski definition) is 3. The Morgan fingerprint density at radius 1 is 1.60 bits per heavy atom. The predicted octanol–water partition coefficient (Wildman–Crippen LogP) is 1.68. The Bertz CT molecular complexity index is 130. The zero-order chi connectivity index (χ0) is 7.28. The summed E-state index contributed by atoms with van der Waals surface area (Å²) in [7, 11) is 1.38. The lowest BCUT2D eigenvalue weighted by molar-refractivity contribution is -0.136. The number of rotatable bonds is 2. The van der Waals surface area contributed by atoms with E-state index in [1.807, 2.05) is 13.0 Å². The van der Waals surface area contributed by atoms with Crippen molar-refractivity contribution in [3.63, 3.8) is 0 Å². The van der Waals surface area contributed by atoms with Crippen molar-refractivity contribution in [3.8, 4) is 0 Å². The molecule has 10 heavy (non-hydrogen) atoms. The standard InChI is InChI=1S/C7H12O2.H3N/c1-4-5-6(2)7(8)9-3;/h5H,4H2,1-3H3;1H3. The fourth-order valence-corrected chi connectivity index (χ4v) is 0.551. The van der Waals surface area contributed by atoms with Gasteiger partial charge in [0.1, 0.15) is 0 Å². The van der Waals surface area contributed by atoms with Crippen LogP contribution in [0.25, 0.3) is 0 Å². The summed E-state index contributed by atoms with van der Waals surface area (Å²) in [6, 6.07) is 0. The van der Waals surface area contributed by atoms with Crippen LogP contribution in [-0.2, 0) is 9.53 Å². The lowest BCUT2D eigenvalue weighted by atomic mass is 10.2. The molecule has 0 heterocycles. The second kappa shape index (κ2) is 6.29. The first-order valence-electron chi connectivity index (χ1n) is 2.97. The normalized spacial score (nSPS) is 10.1. The van der Waals surface area contributed by atoms with Gasteiger partial charge in [0.05, 0.1) is 7.11 Å². The van der Waals surface area contributed by atoms with Gasteiger partial charge in [0, 0.05) is 5.57 Å². The maximum atomic E-state index is 10.6. The summed E-state index contributed by atoms with van der Waals surface area (Å²) >= 11 is 0. The van der Waals surface area contributed by atoms with Gasteiger partial charge in [-0.3, -0.25) is 0 Å². The topological polar surface area (TPSA) is 61.3 Å². The second-order valence-electron chi connectivity index (χ2n) is 1.79. The van der Waals surface area contributed by atoms with Gasteiger partial charge in [-0.25, -0.2) is 4.79 Å². The minimum Gasteiger partial charge on any atom is -0.466 e. The second-order valence-corrected chi connectivity index (χ2v) is 1.79. The van der Waals surface area contributed by atoms with Gasteiger partial charge in [0.2, 0.25) is 0 Å². The van der Waals surface area contributed by atoms with Crippen LogP contribution in [0.1, 0.15) is 20.3 Å². The molecule has 0 radical (unpaired) electrons. The van der Waals surface area contributed by atoms with Crippen LogP contribution in [0.4, 0.5) is 0 Å². The quantitative estimate of drug-likeness (QED) is 0.475. The average Bonchev–Trinajstić information content (AvgIpc) is 1.87. The number of ether oxygens (including phenoxy) is 1. The van der Waals surface area contributed by atoms with Gasteiger partial charge in [-0.05, 0) is 13.3 Å². The lowest BCUT2D eigenvalue weighted by Crippen LogP contribution is -2.00. The largest absolute Gasteiger partial charge is 0.466 e. The minimum atomic E-state index is -0.239. The van der Waals surface area contributed by atoms with Crippen LogP contribution in [0.5, 0.6) is 0 Å². The van der Waals surface area contributed by atoms with E-state index in [9.17, 15) is 4.79 Å². The Labute approximate surface area is 61.7 Å². The Balaban J connectivity index is 0. The van der Waals surface area contributed by atoms with E-state index >= 15 is 0 Å². The van der Waals surface area contributed by atoms with E-state index in [1.54, 1.807) is 6.92 Å². The molecule has 0 rings (SSSR count). The zero-order valence-electron chi connectivity index (χ0n) is 6.81. The van der Waals surface area contributed by atoms with Gasteiger partial charge >= 0.3 is 5.97 Å². The molecule has 0 aliphatic heterocycles. The first kappa shape index (κ1) is 11.9. The number of hydrogen-bond donors (Lipinski definition) is 1. The fraction of sp³-hybridized carbons (Fsp3) is 0.571. The molecule has 0 fully saturated rings. The molecule has 60 valence electrons. The molecule has 0 unspecified atom stereocenters. The molecule has 3 nitrogen and oxygen atoms in total. The van der Waals surface area contributed by atoms with Gasteiger partial charge in [0.25, 0.3) is 0 Å². The van der Waals surface area contributed by atoms with Crippen molar-refractivity contribution >= 4 is 5.97 Å². The van der Waals surface area contributed by atoms with Gasteiger partial charge in [-0.2, -0.15) is 0 Å². The summed E-state index contributed by atoms with van der Waals surface area (Å²) in [6.45, 7) is 3.72. The molecule has 0 aliphatic rings. The zero-order valence-corrected chi connectivity index (χ0v) is 6.81. The lowest BCUT2D eigenvalue weighted by Gasteiger charge is -1.95. The summed E-state index contributed by atoms with van der Waals surface area (Å²) < 4.78 is 4.46. The molecule has 0 aromatic rings. The van der Waals surface area contributed by atoms with E-state index in [2.05, 4.69) is 4.74 Å². The van der Waals surface area contributed by atoms with Crippen molar-refractivity contribution in [2.45, 2.75) is 20.3 Å². The molecule has 3 N–H and O–H groups in total. The van der Waals surface area contributed by atoms with Gasteiger partial charge in [0.15, 0.2) is 0 Å². The van der Waals surface area contributed by atoms with Crippen LogP contribution in [0.15, 0.2) is 11.6 Å². The molecule has 0 amide bonds. The fourth-order valence-electron chi connectivity index (χ4n) is 0.551. The van der Waals surface area contributed by atoms with E-state index in [-0.39, 0.29) is 12.1 Å². The molecular weight excluding hydrogens is 130 g/mol. The van der Waals surface area contributed by atoms with Crippen LogP contribution in [0.3, 0.4) is 0 Å². The Kier molecular flexibility index (Phi) is 7.49. The Morgan fingerprint density at radius 2 is 2.10 bits per heavy atom. The first-order valence-corrected chi connectivity index (χ1v) is 2.97. The summed E-state index contributed by atoms with van der Waals surface area (Å²) in [6.07, 6.45) is 2.72. The highest BCUT2D eigenvalue weighted by Gasteiger charge is 1.99. The van der Waals surface area contributed by atoms with Crippen LogP contribution < -0.4 is 6.15 Å². The molecule has 0 spiro atoms. The van der Waals surface area contributed by atoms with Crippen molar-refractivity contribution in [3.05, 3.63) is 11.6 Å². The predicted molar refractivity (Wildman–Crippen MR) is 41.1 cm³/mol. The van der Waals surface area contributed by atoms with Gasteiger partial charge in [-0.15, -0.1) is 0 Å². The van der Waals surface area contributed by atoms with E-state index in [4.69, 9.17) is 0 Å². The highest BCUT2D eigenvalue weighted by molar-refractivity contribution is 5.87. The maximum Gasteiger partial charge on any atom is 0.333 e. The molecule has 0 atom stereocenters. The molecule has 3 heteroatoms. The smallest absolute Gasteiger partial charge is 0.333 e. The average molecular weight is 145 g/mol. The number of carbonyl (C=O) groups is 1. The Morgan fingerprint density at radius 3 is 2.40 bits per heavy atom. The number of methoxy groups -OCH3 is 1. The van der Waals surface area contributed by atoms with Crippen LogP contribution >= 0.6 is 0 Å². The highest BCUT2D eigenvalue weighted by Crippen LogP contribution is 1.96. The van der Waals surface area contributed by atoms with Crippen molar-refractivity contribution in [1.29, 1.82) is 0 Å². The third-order valence-corrected chi connectivity index (χ3v) is 1.02. The van der Waals surface area contributed by atoms with E-state index in [0.29, 0.717) is 5.57 Å². The van der Waals surface area contributed by atoms with Gasteiger partial charge in [-0.1, -0.05) is 13.0 Å². The molecule has 0 aliphatic carbocycles. The summed E-state index contributed by atoms with van der Waals surface area (Å²) in [5, 5.41) is 0. The molecule has 0 saturated heterocycles. The van der Waals surface area contributed by atoms with Crippen molar-refractivity contribution < 1.29 is 9.53 Å². The SMILES string of the molecule is CCC=C(C)C(=O)OC.N. The third kappa shape index (κ3) is 4.09. The van der Waals surface area contributed by atoms with Crippen molar-refractivity contribution in [2.75, 3.05) is 7.11 Å². The number of allylic oxidation sites excluding steroid dienone is 1. The van der Waals surface area contributed by atoms with Crippen LogP contribution in [0, 0.1) is 0 Å². The molecule has 0 saturated carbocycles. The van der Waals surface area contributed by atoms with Gasteiger partial charge < -0.3 is 10.9 Å². The highest BCUT2D eigenvalue weighted by atomic mass is 16.5. The molecular formula is C7H15NO2. The molecule has 0 aromatic heterocycles. The first-order chi connectivity index (χ1) is 4.22. The maximum absolute atomic E-state index is 10.6. The monoisotopic (exact) mass is 145 g/mol. The van der Waals surface area contributed by atoms with Crippen molar-refractivity contribution in [1.82, 2.24) is 6.15 Å². The Hall–Kier alpha value is -0.830. The summed E-state index contributed by atoms with van der Waals surface area (Å²) in [4.78, 5) is 10.6. The molecule has 0 bridgehead atoms. The minimum absolute atomic E-state index is 0. The van der Waals surface area contributed by atoms with E-state index in [0.717, 1.165) is 6.42 Å².